The molecule has 0 spiro atoms. The lowest BCUT2D eigenvalue weighted by Crippen LogP contribution is -1.98. The first-order valence-corrected chi connectivity index (χ1v) is 6.25. The molecule has 0 atom stereocenters. The van der Waals surface area contributed by atoms with Gasteiger partial charge < -0.3 is 5.73 Å². The highest BCUT2D eigenvalue weighted by Gasteiger charge is 2.06. The number of thioether (sulfide) groups is 1. The lowest BCUT2D eigenvalue weighted by atomic mass is 10.1. The van der Waals surface area contributed by atoms with Crippen LogP contribution in [0.15, 0.2) is 35.5 Å². The van der Waals surface area contributed by atoms with Crippen molar-refractivity contribution in [2.45, 2.75) is 24.0 Å². The van der Waals surface area contributed by atoms with Gasteiger partial charge in [0.1, 0.15) is 12.0 Å². The van der Waals surface area contributed by atoms with Crippen LogP contribution >= 0.6 is 11.8 Å². The molecule has 0 aliphatic carbocycles. The number of anilines is 1. The summed E-state index contributed by atoms with van der Waals surface area (Å²) in [4.78, 5) is 5.16. The van der Waals surface area contributed by atoms with E-state index < -0.39 is 0 Å². The maximum Gasteiger partial charge on any atom is 0.153 e. The van der Waals surface area contributed by atoms with Crippen LogP contribution in [0.1, 0.15) is 13.8 Å². The Morgan fingerprint density at radius 1 is 1.18 bits per heavy atom. The fourth-order valence-corrected chi connectivity index (χ4v) is 2.29. The third-order valence-electron chi connectivity index (χ3n) is 2.15. The number of aromatic nitrogens is 3. The Balaban J connectivity index is 2.27. The van der Waals surface area contributed by atoms with E-state index in [1.54, 1.807) is 0 Å². The quantitative estimate of drug-likeness (QED) is 0.843. The molecule has 0 amide bonds. The molecule has 1 aromatic heterocycles. The van der Waals surface area contributed by atoms with Gasteiger partial charge in [-0.1, -0.05) is 26.0 Å². The molecule has 0 bridgehead atoms. The summed E-state index contributed by atoms with van der Waals surface area (Å²) in [5.74, 6) is 0.407. The predicted molar refractivity (Wildman–Crippen MR) is 70.7 cm³/mol. The normalized spacial score (nSPS) is 10.8. The van der Waals surface area contributed by atoms with Crippen molar-refractivity contribution in [2.24, 2.45) is 0 Å². The summed E-state index contributed by atoms with van der Waals surface area (Å²) in [7, 11) is 0. The summed E-state index contributed by atoms with van der Waals surface area (Å²) in [5, 5.41) is 8.31. The molecule has 2 N–H and O–H groups in total. The van der Waals surface area contributed by atoms with Crippen molar-refractivity contribution in [3.63, 3.8) is 0 Å². The van der Waals surface area contributed by atoms with E-state index >= 15 is 0 Å². The van der Waals surface area contributed by atoms with Gasteiger partial charge >= 0.3 is 0 Å². The second kappa shape index (κ2) is 5.14. The Labute approximate surface area is 105 Å². The zero-order valence-electron chi connectivity index (χ0n) is 9.79. The molecule has 0 unspecified atom stereocenters. The fourth-order valence-electron chi connectivity index (χ4n) is 1.45. The summed E-state index contributed by atoms with van der Waals surface area (Å²) in [6.45, 7) is 4.34. The van der Waals surface area contributed by atoms with Gasteiger partial charge in [0, 0.05) is 15.7 Å². The Morgan fingerprint density at radius 3 is 2.47 bits per heavy atom. The second-order valence-corrected chi connectivity index (χ2v) is 5.53. The molecule has 17 heavy (non-hydrogen) atoms. The smallest absolute Gasteiger partial charge is 0.153 e. The Bertz CT molecular complexity index is 496. The van der Waals surface area contributed by atoms with Crippen molar-refractivity contribution in [1.29, 1.82) is 0 Å². The summed E-state index contributed by atoms with van der Waals surface area (Å²) in [6, 6.07) is 8.11. The van der Waals surface area contributed by atoms with Gasteiger partial charge in [0.15, 0.2) is 5.82 Å². The van der Waals surface area contributed by atoms with Gasteiger partial charge in [-0.15, -0.1) is 22.0 Å². The van der Waals surface area contributed by atoms with Gasteiger partial charge in [-0.2, -0.15) is 0 Å². The van der Waals surface area contributed by atoms with Crippen molar-refractivity contribution in [3.05, 3.63) is 30.6 Å². The highest BCUT2D eigenvalue weighted by Crippen LogP contribution is 2.26. The largest absolute Gasteiger partial charge is 0.382 e. The van der Waals surface area contributed by atoms with E-state index in [0.717, 1.165) is 5.56 Å². The SMILES string of the molecule is CC(C)Sc1ccc(-c2nncnc2N)cc1. The Kier molecular flexibility index (Phi) is 3.58. The fraction of sp³-hybridized carbons (Fsp3) is 0.250. The van der Waals surface area contributed by atoms with Gasteiger partial charge in [-0.05, 0) is 12.1 Å². The molecule has 2 aromatic rings. The van der Waals surface area contributed by atoms with Crippen molar-refractivity contribution in [2.75, 3.05) is 5.73 Å². The van der Waals surface area contributed by atoms with Crippen LogP contribution in [0.5, 0.6) is 0 Å². The van der Waals surface area contributed by atoms with E-state index in [1.165, 1.54) is 11.2 Å². The summed E-state index contributed by atoms with van der Waals surface area (Å²) in [6.07, 6.45) is 1.35. The van der Waals surface area contributed by atoms with Crippen LogP contribution in [-0.2, 0) is 0 Å². The van der Waals surface area contributed by atoms with Gasteiger partial charge in [-0.3, -0.25) is 0 Å². The monoisotopic (exact) mass is 246 g/mol. The summed E-state index contributed by atoms with van der Waals surface area (Å²) >= 11 is 1.82. The number of nitrogens with zero attached hydrogens (tertiary/aromatic N) is 3. The van der Waals surface area contributed by atoms with Crippen LogP contribution < -0.4 is 5.73 Å². The molecule has 2 rings (SSSR count). The maximum atomic E-state index is 5.75. The van der Waals surface area contributed by atoms with E-state index in [0.29, 0.717) is 16.8 Å². The highest BCUT2D eigenvalue weighted by molar-refractivity contribution is 7.99. The second-order valence-electron chi connectivity index (χ2n) is 3.88. The van der Waals surface area contributed by atoms with Crippen LogP contribution in [0.2, 0.25) is 0 Å². The van der Waals surface area contributed by atoms with Gasteiger partial charge in [-0.25, -0.2) is 4.98 Å². The molecule has 0 radical (unpaired) electrons. The molecular formula is C12H14N4S. The number of hydrogen-bond acceptors (Lipinski definition) is 5. The van der Waals surface area contributed by atoms with Crippen molar-refractivity contribution < 1.29 is 0 Å². The van der Waals surface area contributed by atoms with Gasteiger partial charge in [0.25, 0.3) is 0 Å². The molecule has 0 aliphatic heterocycles. The van der Waals surface area contributed by atoms with E-state index in [4.69, 9.17) is 5.73 Å². The third-order valence-corrected chi connectivity index (χ3v) is 3.16. The standard InChI is InChI=1S/C12H14N4S/c1-8(2)17-10-5-3-9(4-6-10)11-12(13)14-7-15-16-11/h3-8H,1-2H3,(H2,13,14,15). The van der Waals surface area contributed by atoms with Crippen molar-refractivity contribution in [1.82, 2.24) is 15.2 Å². The van der Waals surface area contributed by atoms with E-state index in [9.17, 15) is 0 Å². The number of rotatable bonds is 3. The average Bonchev–Trinajstić information content (AvgIpc) is 2.30. The van der Waals surface area contributed by atoms with E-state index in [-0.39, 0.29) is 0 Å². The minimum atomic E-state index is 0.407. The third kappa shape index (κ3) is 2.94. The van der Waals surface area contributed by atoms with E-state index in [1.807, 2.05) is 23.9 Å². The van der Waals surface area contributed by atoms with Crippen molar-refractivity contribution >= 4 is 17.6 Å². The van der Waals surface area contributed by atoms with Crippen LogP contribution in [-0.4, -0.2) is 20.4 Å². The topological polar surface area (TPSA) is 64.7 Å². The first kappa shape index (κ1) is 11.9. The molecule has 1 heterocycles. The minimum absolute atomic E-state index is 0.407. The Hall–Kier alpha value is -1.62. The van der Waals surface area contributed by atoms with Gasteiger partial charge in [0.2, 0.25) is 0 Å². The lowest BCUT2D eigenvalue weighted by Gasteiger charge is -2.06. The minimum Gasteiger partial charge on any atom is -0.382 e. The number of benzene rings is 1. The zero-order valence-corrected chi connectivity index (χ0v) is 10.6. The number of nitrogens with two attached hydrogens (primary N) is 1. The molecule has 0 saturated carbocycles. The molecule has 88 valence electrons. The highest BCUT2D eigenvalue weighted by atomic mass is 32.2. The molecule has 5 heteroatoms. The molecular weight excluding hydrogens is 232 g/mol. The number of nitrogen functional groups attached to an aromatic ring is 1. The molecule has 0 fully saturated rings. The van der Waals surface area contributed by atoms with Crippen LogP contribution in [0.4, 0.5) is 5.82 Å². The van der Waals surface area contributed by atoms with Crippen LogP contribution in [0.3, 0.4) is 0 Å². The lowest BCUT2D eigenvalue weighted by molar-refractivity contribution is 0.983. The summed E-state index contributed by atoms with van der Waals surface area (Å²) in [5.41, 5.74) is 7.33. The first-order valence-electron chi connectivity index (χ1n) is 5.37. The molecule has 1 aromatic carbocycles. The Morgan fingerprint density at radius 2 is 1.88 bits per heavy atom. The van der Waals surface area contributed by atoms with Gasteiger partial charge in [0.05, 0.1) is 0 Å². The van der Waals surface area contributed by atoms with Crippen LogP contribution in [0, 0.1) is 0 Å². The van der Waals surface area contributed by atoms with Crippen molar-refractivity contribution in [3.8, 4) is 11.3 Å². The first-order chi connectivity index (χ1) is 8.16. The maximum absolute atomic E-state index is 5.75. The molecule has 4 nitrogen and oxygen atoms in total. The number of hydrogen-bond donors (Lipinski definition) is 1. The molecule has 0 saturated heterocycles. The van der Waals surface area contributed by atoms with Crippen LogP contribution in [0.25, 0.3) is 11.3 Å². The summed E-state index contributed by atoms with van der Waals surface area (Å²) < 4.78 is 0. The predicted octanol–water partition coefficient (Wildman–Crippen LogP) is 2.62. The van der Waals surface area contributed by atoms with E-state index in [2.05, 4.69) is 41.2 Å². The average molecular weight is 246 g/mol. The zero-order chi connectivity index (χ0) is 12.3. The molecule has 0 aliphatic rings.